The van der Waals surface area contributed by atoms with Crippen LogP contribution in [-0.4, -0.2) is 28.2 Å². The molecule has 0 aromatic carbocycles. The Bertz CT molecular complexity index is 392. The van der Waals surface area contributed by atoms with Crippen LogP contribution in [0.4, 0.5) is 5.82 Å². The number of nitrogens with zero attached hydrogens (tertiary/aromatic N) is 2. The zero-order valence-electron chi connectivity index (χ0n) is 9.11. The zero-order chi connectivity index (χ0) is 11.1. The van der Waals surface area contributed by atoms with Crippen LogP contribution in [0.15, 0.2) is 6.07 Å². The van der Waals surface area contributed by atoms with Crippen molar-refractivity contribution < 1.29 is 4.74 Å². The van der Waals surface area contributed by atoms with Crippen molar-refractivity contribution in [2.24, 2.45) is 0 Å². The minimum absolute atomic E-state index is 0.346. The number of nitrogens with one attached hydrogen (secondary N) is 1. The molecule has 0 aliphatic carbocycles. The fourth-order valence-electron chi connectivity index (χ4n) is 2.58. The normalized spacial score (nSPS) is 32.0. The maximum absolute atomic E-state index is 5.89. The van der Waals surface area contributed by atoms with Gasteiger partial charge in [0.25, 0.3) is 0 Å². The van der Waals surface area contributed by atoms with Gasteiger partial charge in [-0.1, -0.05) is 11.6 Å². The Labute approximate surface area is 99.4 Å². The molecule has 2 aliphatic rings. The summed E-state index contributed by atoms with van der Waals surface area (Å²) in [4.78, 5) is 8.36. The van der Waals surface area contributed by atoms with Gasteiger partial charge in [-0.15, -0.1) is 0 Å². The van der Waals surface area contributed by atoms with Crippen molar-refractivity contribution in [3.63, 3.8) is 0 Å². The van der Waals surface area contributed by atoms with Crippen molar-refractivity contribution >= 4 is 17.4 Å². The highest BCUT2D eigenvalue weighted by Crippen LogP contribution is 2.35. The SMILES string of the molecule is Cc1nc(Cl)cc(NC2CC3CCC2O3)n1. The summed E-state index contributed by atoms with van der Waals surface area (Å²) in [5.74, 6) is 1.50. The Morgan fingerprint density at radius 1 is 1.44 bits per heavy atom. The first-order valence-electron chi connectivity index (χ1n) is 5.64. The monoisotopic (exact) mass is 239 g/mol. The fourth-order valence-corrected chi connectivity index (χ4v) is 2.81. The molecule has 3 rings (SSSR count). The van der Waals surface area contributed by atoms with Crippen LogP contribution in [-0.2, 0) is 4.74 Å². The first kappa shape index (κ1) is 10.3. The van der Waals surface area contributed by atoms with Crippen molar-refractivity contribution in [3.8, 4) is 0 Å². The van der Waals surface area contributed by atoms with Crippen LogP contribution in [0.2, 0.25) is 5.15 Å². The van der Waals surface area contributed by atoms with Crippen LogP contribution in [0, 0.1) is 6.92 Å². The lowest BCUT2D eigenvalue weighted by atomic mass is 9.95. The van der Waals surface area contributed by atoms with E-state index in [-0.39, 0.29) is 0 Å². The van der Waals surface area contributed by atoms with E-state index in [1.165, 1.54) is 6.42 Å². The minimum Gasteiger partial charge on any atom is -0.373 e. The molecule has 1 N–H and O–H groups in total. The Balaban J connectivity index is 1.74. The lowest BCUT2D eigenvalue weighted by molar-refractivity contribution is 0.102. The van der Waals surface area contributed by atoms with Crippen molar-refractivity contribution in [1.82, 2.24) is 9.97 Å². The first-order valence-corrected chi connectivity index (χ1v) is 6.02. The molecular formula is C11H14ClN3O. The third-order valence-corrected chi connectivity index (χ3v) is 3.44. The highest BCUT2D eigenvalue weighted by molar-refractivity contribution is 6.29. The minimum atomic E-state index is 0.346. The molecule has 5 heteroatoms. The van der Waals surface area contributed by atoms with Gasteiger partial charge in [0.15, 0.2) is 0 Å². The smallest absolute Gasteiger partial charge is 0.134 e. The summed E-state index contributed by atoms with van der Waals surface area (Å²) in [6.07, 6.45) is 4.22. The number of hydrogen-bond acceptors (Lipinski definition) is 4. The largest absolute Gasteiger partial charge is 0.373 e. The Hall–Kier alpha value is -0.870. The van der Waals surface area contributed by atoms with Gasteiger partial charge in [0, 0.05) is 6.07 Å². The van der Waals surface area contributed by atoms with E-state index >= 15 is 0 Å². The second-order valence-corrected chi connectivity index (χ2v) is 4.87. The molecule has 0 spiro atoms. The third-order valence-electron chi connectivity index (χ3n) is 3.25. The molecule has 1 aromatic heterocycles. The maximum atomic E-state index is 5.89. The van der Waals surface area contributed by atoms with E-state index in [4.69, 9.17) is 16.3 Å². The summed E-state index contributed by atoms with van der Waals surface area (Å²) in [6.45, 7) is 1.84. The summed E-state index contributed by atoms with van der Waals surface area (Å²) in [5, 5.41) is 3.88. The Morgan fingerprint density at radius 2 is 2.31 bits per heavy atom. The van der Waals surface area contributed by atoms with Crippen LogP contribution in [0.3, 0.4) is 0 Å². The number of halogens is 1. The molecule has 2 bridgehead atoms. The van der Waals surface area contributed by atoms with E-state index in [1.54, 1.807) is 6.07 Å². The fraction of sp³-hybridized carbons (Fsp3) is 0.636. The van der Waals surface area contributed by atoms with Gasteiger partial charge in [-0.3, -0.25) is 0 Å². The average molecular weight is 240 g/mol. The number of aryl methyl sites for hydroxylation is 1. The van der Waals surface area contributed by atoms with E-state index in [0.717, 1.165) is 18.7 Å². The van der Waals surface area contributed by atoms with Crippen LogP contribution >= 0.6 is 11.6 Å². The molecule has 3 unspecified atom stereocenters. The Kier molecular flexibility index (Phi) is 2.48. The standard InChI is InChI=1S/C11H14ClN3O/c1-6-13-10(12)5-11(14-6)15-8-4-7-2-3-9(8)16-7/h5,7-9H,2-4H2,1H3,(H,13,14,15). The number of hydrogen-bond donors (Lipinski definition) is 1. The molecule has 0 saturated carbocycles. The van der Waals surface area contributed by atoms with Crippen LogP contribution < -0.4 is 5.32 Å². The van der Waals surface area contributed by atoms with E-state index < -0.39 is 0 Å². The van der Waals surface area contributed by atoms with Gasteiger partial charge in [0.2, 0.25) is 0 Å². The van der Waals surface area contributed by atoms with Crippen molar-refractivity contribution in [2.75, 3.05) is 5.32 Å². The van der Waals surface area contributed by atoms with Gasteiger partial charge in [0.1, 0.15) is 16.8 Å². The van der Waals surface area contributed by atoms with Gasteiger partial charge in [-0.05, 0) is 26.2 Å². The molecular weight excluding hydrogens is 226 g/mol. The van der Waals surface area contributed by atoms with E-state index in [1.807, 2.05) is 6.92 Å². The maximum Gasteiger partial charge on any atom is 0.134 e. The quantitative estimate of drug-likeness (QED) is 0.804. The van der Waals surface area contributed by atoms with Gasteiger partial charge >= 0.3 is 0 Å². The van der Waals surface area contributed by atoms with Gasteiger partial charge in [0.05, 0.1) is 18.2 Å². The molecule has 2 aliphatic heterocycles. The number of fused-ring (bicyclic) bond motifs is 2. The Morgan fingerprint density at radius 3 is 2.94 bits per heavy atom. The van der Waals surface area contributed by atoms with Gasteiger partial charge in [-0.25, -0.2) is 9.97 Å². The molecule has 0 amide bonds. The molecule has 0 radical (unpaired) electrons. The van der Waals surface area contributed by atoms with Crippen LogP contribution in [0.1, 0.15) is 25.1 Å². The van der Waals surface area contributed by atoms with Gasteiger partial charge in [-0.2, -0.15) is 0 Å². The van der Waals surface area contributed by atoms with Crippen LogP contribution in [0.5, 0.6) is 0 Å². The summed E-state index contributed by atoms with van der Waals surface area (Å²) in [6, 6.07) is 2.14. The zero-order valence-corrected chi connectivity index (χ0v) is 9.87. The molecule has 86 valence electrons. The number of aromatic nitrogens is 2. The van der Waals surface area contributed by atoms with E-state index in [2.05, 4.69) is 15.3 Å². The lowest BCUT2D eigenvalue weighted by Gasteiger charge is -2.20. The molecule has 1 aromatic rings. The predicted octanol–water partition coefficient (Wildman–Crippen LogP) is 2.17. The van der Waals surface area contributed by atoms with Crippen LogP contribution in [0.25, 0.3) is 0 Å². The van der Waals surface area contributed by atoms with Gasteiger partial charge < -0.3 is 10.1 Å². The average Bonchev–Trinajstić information content (AvgIpc) is 2.77. The number of ether oxygens (including phenoxy) is 1. The highest BCUT2D eigenvalue weighted by Gasteiger charge is 2.40. The van der Waals surface area contributed by atoms with Crippen molar-refractivity contribution in [3.05, 3.63) is 17.0 Å². The molecule has 3 atom stereocenters. The predicted molar refractivity (Wildman–Crippen MR) is 61.7 cm³/mol. The van der Waals surface area contributed by atoms with Crippen molar-refractivity contribution in [2.45, 2.75) is 44.4 Å². The summed E-state index contributed by atoms with van der Waals surface area (Å²) in [5.41, 5.74) is 0. The highest BCUT2D eigenvalue weighted by atomic mass is 35.5. The second-order valence-electron chi connectivity index (χ2n) is 4.48. The molecule has 2 fully saturated rings. The summed E-state index contributed by atoms with van der Waals surface area (Å²) >= 11 is 5.89. The first-order chi connectivity index (χ1) is 7.70. The van der Waals surface area contributed by atoms with E-state index in [0.29, 0.717) is 29.2 Å². The number of anilines is 1. The molecule has 16 heavy (non-hydrogen) atoms. The van der Waals surface area contributed by atoms with E-state index in [9.17, 15) is 0 Å². The molecule has 3 heterocycles. The molecule has 2 saturated heterocycles. The third kappa shape index (κ3) is 1.87. The number of rotatable bonds is 2. The lowest BCUT2D eigenvalue weighted by Crippen LogP contribution is -2.30. The van der Waals surface area contributed by atoms with Crippen molar-refractivity contribution in [1.29, 1.82) is 0 Å². The summed E-state index contributed by atoms with van der Waals surface area (Å²) in [7, 11) is 0. The second kappa shape index (κ2) is 3.86. The topological polar surface area (TPSA) is 47.0 Å². The molecule has 4 nitrogen and oxygen atoms in total. The summed E-state index contributed by atoms with van der Waals surface area (Å²) < 4.78 is 5.78.